The predicted octanol–water partition coefficient (Wildman–Crippen LogP) is 3.28. The molecule has 21 heavy (non-hydrogen) atoms. The van der Waals surface area contributed by atoms with Crippen LogP contribution in [0.5, 0.6) is 5.88 Å². The summed E-state index contributed by atoms with van der Waals surface area (Å²) in [4.78, 5) is 19.0. The van der Waals surface area contributed by atoms with Gasteiger partial charge in [0, 0.05) is 11.6 Å². The zero-order chi connectivity index (χ0) is 15.4. The van der Waals surface area contributed by atoms with E-state index in [1.807, 2.05) is 13.8 Å². The fourth-order valence-corrected chi connectivity index (χ4v) is 2.22. The lowest BCUT2D eigenvalue weighted by Crippen LogP contribution is -2.17. The summed E-state index contributed by atoms with van der Waals surface area (Å²) >= 11 is 5.82. The first kappa shape index (κ1) is 15.5. The number of H-pyrrole nitrogens is 1. The first-order valence-corrected chi connectivity index (χ1v) is 7.15. The first-order chi connectivity index (χ1) is 10.1. The maximum atomic E-state index is 12.2. The van der Waals surface area contributed by atoms with E-state index in [-0.39, 0.29) is 17.5 Å². The lowest BCUT2D eigenvalue weighted by Gasteiger charge is -2.15. The number of benzene rings is 1. The lowest BCUT2D eigenvalue weighted by molar-refractivity contribution is 0.0529. The topological polar surface area (TPSA) is 75.2 Å². The Hall–Kier alpha value is -1.85. The smallest absolute Gasteiger partial charge is 0.262 e. The number of rotatable bonds is 5. The Kier molecular flexibility index (Phi) is 4.98. The number of ether oxygens (including phenoxy) is 1. The number of aromatic nitrogens is 2. The second-order valence-corrected chi connectivity index (χ2v) is 4.95. The third kappa shape index (κ3) is 3.43. The quantitative estimate of drug-likeness (QED) is 0.888. The van der Waals surface area contributed by atoms with Gasteiger partial charge >= 0.3 is 0 Å². The van der Waals surface area contributed by atoms with E-state index >= 15 is 0 Å². The molecule has 2 aromatic rings. The van der Waals surface area contributed by atoms with Crippen molar-refractivity contribution in [3.05, 3.63) is 45.5 Å². The molecule has 2 N–H and O–H groups in total. The highest BCUT2D eigenvalue weighted by molar-refractivity contribution is 6.30. The van der Waals surface area contributed by atoms with Crippen LogP contribution in [0.3, 0.4) is 0 Å². The molecule has 1 aromatic heterocycles. The fourth-order valence-electron chi connectivity index (χ4n) is 2.10. The molecule has 2 rings (SSSR count). The van der Waals surface area contributed by atoms with Crippen LogP contribution in [-0.2, 0) is 4.74 Å². The molecule has 0 aliphatic carbocycles. The monoisotopic (exact) mass is 308 g/mol. The molecule has 1 aromatic carbocycles. The number of nitrogens with one attached hydrogen (secondary N) is 1. The molecular weight excluding hydrogens is 292 g/mol. The summed E-state index contributed by atoms with van der Waals surface area (Å²) < 4.78 is 5.49. The molecule has 6 heteroatoms. The molecule has 0 bridgehead atoms. The first-order valence-electron chi connectivity index (χ1n) is 6.77. The van der Waals surface area contributed by atoms with Crippen LogP contribution in [0.15, 0.2) is 29.1 Å². The number of aromatic amines is 1. The van der Waals surface area contributed by atoms with Crippen molar-refractivity contribution in [2.75, 3.05) is 6.61 Å². The van der Waals surface area contributed by atoms with Gasteiger partial charge in [-0.1, -0.05) is 30.7 Å². The highest BCUT2D eigenvalue weighted by atomic mass is 35.5. The zero-order valence-corrected chi connectivity index (χ0v) is 12.6. The largest absolute Gasteiger partial charge is 0.493 e. The van der Waals surface area contributed by atoms with Gasteiger partial charge in [-0.25, -0.2) is 0 Å². The van der Waals surface area contributed by atoms with E-state index < -0.39 is 5.56 Å². The van der Waals surface area contributed by atoms with E-state index in [1.165, 1.54) is 0 Å². The third-order valence-corrected chi connectivity index (χ3v) is 3.35. The molecular formula is C15H17ClN2O3. The SMILES string of the molecule is CCOC(CC)c1nc(O)c(-c2ccc(Cl)cc2)c(=O)[nH]1. The molecule has 0 spiro atoms. The second-order valence-electron chi connectivity index (χ2n) is 4.51. The van der Waals surface area contributed by atoms with Crippen LogP contribution in [-0.4, -0.2) is 21.7 Å². The van der Waals surface area contributed by atoms with E-state index in [1.54, 1.807) is 24.3 Å². The number of hydrogen-bond acceptors (Lipinski definition) is 4. The van der Waals surface area contributed by atoms with Crippen molar-refractivity contribution in [1.29, 1.82) is 0 Å². The minimum Gasteiger partial charge on any atom is -0.493 e. The number of aromatic hydroxyl groups is 1. The molecule has 1 unspecified atom stereocenters. The van der Waals surface area contributed by atoms with Crippen LogP contribution >= 0.6 is 11.6 Å². The highest BCUT2D eigenvalue weighted by Gasteiger charge is 2.18. The van der Waals surface area contributed by atoms with Gasteiger partial charge in [0.25, 0.3) is 5.56 Å². The summed E-state index contributed by atoms with van der Waals surface area (Å²) in [6, 6.07) is 6.62. The van der Waals surface area contributed by atoms with Crippen molar-refractivity contribution in [2.45, 2.75) is 26.4 Å². The van der Waals surface area contributed by atoms with Gasteiger partial charge in [-0.3, -0.25) is 4.79 Å². The normalized spacial score (nSPS) is 12.3. The summed E-state index contributed by atoms with van der Waals surface area (Å²) in [5, 5.41) is 10.6. The van der Waals surface area contributed by atoms with Gasteiger partial charge in [0.1, 0.15) is 17.5 Å². The van der Waals surface area contributed by atoms with Gasteiger partial charge in [0.2, 0.25) is 5.88 Å². The van der Waals surface area contributed by atoms with Gasteiger partial charge in [-0.05, 0) is 31.0 Å². The van der Waals surface area contributed by atoms with Crippen molar-refractivity contribution in [3.8, 4) is 17.0 Å². The maximum absolute atomic E-state index is 12.2. The van der Waals surface area contributed by atoms with Gasteiger partial charge in [0.05, 0.1) is 0 Å². The molecule has 1 heterocycles. The Morgan fingerprint density at radius 3 is 2.52 bits per heavy atom. The second kappa shape index (κ2) is 6.74. The van der Waals surface area contributed by atoms with Crippen LogP contribution in [0.1, 0.15) is 32.2 Å². The molecule has 1 atom stereocenters. The van der Waals surface area contributed by atoms with E-state index in [2.05, 4.69) is 9.97 Å². The fraction of sp³-hybridized carbons (Fsp3) is 0.333. The maximum Gasteiger partial charge on any atom is 0.262 e. The number of hydrogen-bond donors (Lipinski definition) is 2. The molecule has 0 amide bonds. The minimum absolute atomic E-state index is 0.127. The van der Waals surface area contributed by atoms with Gasteiger partial charge in [-0.2, -0.15) is 4.98 Å². The third-order valence-electron chi connectivity index (χ3n) is 3.10. The summed E-state index contributed by atoms with van der Waals surface area (Å²) in [5.41, 5.74) is 0.279. The molecule has 0 radical (unpaired) electrons. The van der Waals surface area contributed by atoms with E-state index in [4.69, 9.17) is 16.3 Å². The van der Waals surface area contributed by atoms with Crippen molar-refractivity contribution < 1.29 is 9.84 Å². The predicted molar refractivity (Wildman–Crippen MR) is 81.6 cm³/mol. The zero-order valence-electron chi connectivity index (χ0n) is 11.9. The summed E-state index contributed by atoms with van der Waals surface area (Å²) in [7, 11) is 0. The molecule has 0 fully saturated rings. The van der Waals surface area contributed by atoms with Crippen LogP contribution in [0.25, 0.3) is 11.1 Å². The molecule has 0 saturated heterocycles. The lowest BCUT2D eigenvalue weighted by atomic mass is 10.1. The Morgan fingerprint density at radius 2 is 2.00 bits per heavy atom. The van der Waals surface area contributed by atoms with Gasteiger partial charge in [-0.15, -0.1) is 0 Å². The van der Waals surface area contributed by atoms with Crippen molar-refractivity contribution >= 4 is 11.6 Å². The van der Waals surface area contributed by atoms with Gasteiger partial charge in [0.15, 0.2) is 0 Å². The summed E-state index contributed by atoms with van der Waals surface area (Å²) in [6.45, 7) is 4.29. The minimum atomic E-state index is -0.405. The summed E-state index contributed by atoms with van der Waals surface area (Å²) in [6.07, 6.45) is 0.309. The Labute approximate surface area is 127 Å². The van der Waals surface area contributed by atoms with E-state index in [0.717, 1.165) is 0 Å². The number of halogens is 1. The summed E-state index contributed by atoms with van der Waals surface area (Å²) in [5.74, 6) is 0.0220. The average Bonchev–Trinajstić information content (AvgIpc) is 2.46. The Morgan fingerprint density at radius 1 is 1.33 bits per heavy atom. The number of nitrogens with zero attached hydrogens (tertiary/aromatic N) is 1. The molecule has 0 saturated carbocycles. The van der Waals surface area contributed by atoms with E-state index in [9.17, 15) is 9.90 Å². The molecule has 112 valence electrons. The van der Waals surface area contributed by atoms with Gasteiger partial charge < -0.3 is 14.8 Å². The Balaban J connectivity index is 2.46. The average molecular weight is 309 g/mol. The van der Waals surface area contributed by atoms with E-state index in [0.29, 0.717) is 29.4 Å². The van der Waals surface area contributed by atoms with Crippen molar-refractivity contribution in [3.63, 3.8) is 0 Å². The molecule has 5 nitrogen and oxygen atoms in total. The highest BCUT2D eigenvalue weighted by Crippen LogP contribution is 2.26. The Bertz CT molecular complexity index is 668. The molecule has 0 aliphatic rings. The van der Waals surface area contributed by atoms with Crippen LogP contribution in [0.2, 0.25) is 5.02 Å². The van der Waals surface area contributed by atoms with Crippen molar-refractivity contribution in [1.82, 2.24) is 9.97 Å². The van der Waals surface area contributed by atoms with Crippen LogP contribution in [0.4, 0.5) is 0 Å². The molecule has 0 aliphatic heterocycles. The van der Waals surface area contributed by atoms with Crippen LogP contribution in [0, 0.1) is 0 Å². The van der Waals surface area contributed by atoms with Crippen LogP contribution < -0.4 is 5.56 Å². The van der Waals surface area contributed by atoms with Crippen molar-refractivity contribution in [2.24, 2.45) is 0 Å². The standard InChI is InChI=1S/C15H17ClN2O3/c1-3-11(21-4-2)13-17-14(19)12(15(20)18-13)9-5-7-10(16)8-6-9/h5-8,11H,3-4H2,1-2H3,(H2,17,18,19,20).